The molecule has 1 heterocycles. The standard InChI is InChI=1S/C12H19NO4/c1-12(2,3)17-11(16)13-8-5-4-7(8)6-9(13)10(14)15/h7-9H,4-6H2,1-3H3,(H,14,15)/t7-,8-,9+/m1/s1. The van der Waals surface area contributed by atoms with Crippen LogP contribution in [0.25, 0.3) is 0 Å². The lowest BCUT2D eigenvalue weighted by Gasteiger charge is -2.37. The second-order valence-corrected chi connectivity index (χ2v) is 5.88. The highest BCUT2D eigenvalue weighted by molar-refractivity contribution is 5.81. The number of rotatable bonds is 1. The molecule has 5 heteroatoms. The van der Waals surface area contributed by atoms with Crippen molar-refractivity contribution >= 4 is 12.1 Å². The predicted molar refractivity (Wildman–Crippen MR) is 60.6 cm³/mol. The SMILES string of the molecule is CC(C)(C)OC(=O)N1[C@@H]2CC[C@@H]2C[C@H]1C(=O)O. The van der Waals surface area contributed by atoms with E-state index >= 15 is 0 Å². The first kappa shape index (κ1) is 12.2. The summed E-state index contributed by atoms with van der Waals surface area (Å²) in [5.41, 5.74) is -0.581. The van der Waals surface area contributed by atoms with E-state index in [1.807, 2.05) is 0 Å². The van der Waals surface area contributed by atoms with Crippen molar-refractivity contribution in [3.8, 4) is 0 Å². The van der Waals surface area contributed by atoms with Crippen molar-refractivity contribution < 1.29 is 19.4 Å². The molecule has 96 valence electrons. The molecule has 0 aromatic rings. The van der Waals surface area contributed by atoms with E-state index in [0.717, 1.165) is 12.8 Å². The van der Waals surface area contributed by atoms with Crippen LogP contribution >= 0.6 is 0 Å². The number of likely N-dealkylation sites (tertiary alicyclic amines) is 1. The summed E-state index contributed by atoms with van der Waals surface area (Å²) in [5.74, 6) is -0.575. The third-order valence-electron chi connectivity index (χ3n) is 3.49. The van der Waals surface area contributed by atoms with Gasteiger partial charge in [-0.1, -0.05) is 0 Å². The molecule has 1 amide bonds. The third kappa shape index (κ3) is 2.23. The Morgan fingerprint density at radius 2 is 1.94 bits per heavy atom. The molecule has 0 aromatic carbocycles. The second-order valence-electron chi connectivity index (χ2n) is 5.88. The number of fused-ring (bicyclic) bond motifs is 1. The number of aliphatic carboxylic acids is 1. The van der Waals surface area contributed by atoms with Gasteiger partial charge >= 0.3 is 12.1 Å². The van der Waals surface area contributed by atoms with E-state index < -0.39 is 23.7 Å². The molecule has 3 atom stereocenters. The Kier molecular flexibility index (Phi) is 2.79. The molecule has 1 saturated heterocycles. The Balaban J connectivity index is 2.11. The lowest BCUT2D eigenvalue weighted by Crippen LogP contribution is -2.49. The zero-order chi connectivity index (χ0) is 12.8. The fourth-order valence-corrected chi connectivity index (χ4v) is 2.62. The summed E-state index contributed by atoms with van der Waals surface area (Å²) in [4.78, 5) is 24.6. The summed E-state index contributed by atoms with van der Waals surface area (Å²) in [6.45, 7) is 5.36. The van der Waals surface area contributed by atoms with E-state index in [1.54, 1.807) is 20.8 Å². The molecule has 0 radical (unpaired) electrons. The summed E-state index contributed by atoms with van der Waals surface area (Å²) >= 11 is 0. The van der Waals surface area contributed by atoms with Crippen LogP contribution in [0, 0.1) is 5.92 Å². The van der Waals surface area contributed by atoms with E-state index in [-0.39, 0.29) is 6.04 Å². The Hall–Kier alpha value is -1.26. The van der Waals surface area contributed by atoms with Crippen LogP contribution in [0.2, 0.25) is 0 Å². The molecule has 0 aromatic heterocycles. The van der Waals surface area contributed by atoms with E-state index in [0.29, 0.717) is 12.3 Å². The van der Waals surface area contributed by atoms with Crippen molar-refractivity contribution in [3.63, 3.8) is 0 Å². The van der Waals surface area contributed by atoms with Crippen LogP contribution in [0.3, 0.4) is 0 Å². The molecular formula is C12H19NO4. The third-order valence-corrected chi connectivity index (χ3v) is 3.49. The number of hydrogen-bond acceptors (Lipinski definition) is 3. The first-order valence-electron chi connectivity index (χ1n) is 6.04. The first-order valence-corrected chi connectivity index (χ1v) is 6.04. The summed E-state index contributed by atoms with van der Waals surface area (Å²) in [6.07, 6.45) is 2.00. The van der Waals surface area contributed by atoms with Gasteiger partial charge in [0.25, 0.3) is 0 Å². The molecular weight excluding hydrogens is 222 g/mol. The summed E-state index contributed by atoms with van der Waals surface area (Å²) in [7, 11) is 0. The minimum absolute atomic E-state index is 0.0750. The van der Waals surface area contributed by atoms with Crippen LogP contribution in [-0.2, 0) is 9.53 Å². The minimum Gasteiger partial charge on any atom is -0.480 e. The molecule has 2 aliphatic rings. The lowest BCUT2D eigenvalue weighted by atomic mass is 9.80. The van der Waals surface area contributed by atoms with Crippen molar-refractivity contribution in [3.05, 3.63) is 0 Å². The second kappa shape index (κ2) is 3.89. The van der Waals surface area contributed by atoms with Crippen LogP contribution in [0.5, 0.6) is 0 Å². The van der Waals surface area contributed by atoms with Gasteiger partial charge in [-0.25, -0.2) is 9.59 Å². The summed E-state index contributed by atoms with van der Waals surface area (Å²) in [5, 5.41) is 9.14. The van der Waals surface area contributed by atoms with Crippen molar-refractivity contribution in [1.82, 2.24) is 4.90 Å². The van der Waals surface area contributed by atoms with Gasteiger partial charge in [0.1, 0.15) is 11.6 Å². The molecule has 17 heavy (non-hydrogen) atoms. The molecule has 0 spiro atoms. The molecule has 0 bridgehead atoms. The minimum atomic E-state index is -0.926. The molecule has 2 rings (SSSR count). The van der Waals surface area contributed by atoms with Crippen LogP contribution in [0.1, 0.15) is 40.0 Å². The van der Waals surface area contributed by atoms with Gasteiger partial charge in [0.15, 0.2) is 0 Å². The maximum Gasteiger partial charge on any atom is 0.411 e. The van der Waals surface area contributed by atoms with E-state index in [4.69, 9.17) is 9.84 Å². The zero-order valence-electron chi connectivity index (χ0n) is 10.5. The monoisotopic (exact) mass is 241 g/mol. The van der Waals surface area contributed by atoms with Gasteiger partial charge in [0.2, 0.25) is 0 Å². The fourth-order valence-electron chi connectivity index (χ4n) is 2.62. The van der Waals surface area contributed by atoms with E-state index in [2.05, 4.69) is 0 Å². The van der Waals surface area contributed by atoms with Gasteiger partial charge in [0.05, 0.1) is 0 Å². The van der Waals surface area contributed by atoms with Crippen molar-refractivity contribution in [1.29, 1.82) is 0 Å². The average Bonchev–Trinajstić information content (AvgIpc) is 2.35. The maximum absolute atomic E-state index is 12.0. The molecule has 1 aliphatic heterocycles. The molecule has 2 fully saturated rings. The van der Waals surface area contributed by atoms with Crippen molar-refractivity contribution in [2.24, 2.45) is 5.92 Å². The number of carboxylic acid groups (broad SMARTS) is 1. The fraction of sp³-hybridized carbons (Fsp3) is 0.833. The normalized spacial score (nSPS) is 31.7. The van der Waals surface area contributed by atoms with E-state index in [9.17, 15) is 9.59 Å². The number of carboxylic acids is 1. The number of amides is 1. The molecule has 0 unspecified atom stereocenters. The quantitative estimate of drug-likeness (QED) is 0.761. The Labute approximate surface area is 101 Å². The Bertz CT molecular complexity index is 347. The smallest absolute Gasteiger partial charge is 0.411 e. The van der Waals surface area contributed by atoms with Gasteiger partial charge in [-0.15, -0.1) is 0 Å². The Morgan fingerprint density at radius 1 is 1.29 bits per heavy atom. The lowest BCUT2D eigenvalue weighted by molar-refractivity contribution is -0.142. The predicted octanol–water partition coefficient (Wildman–Crippen LogP) is 1.86. The topological polar surface area (TPSA) is 66.8 Å². The number of hydrogen-bond donors (Lipinski definition) is 1. The Morgan fingerprint density at radius 3 is 2.35 bits per heavy atom. The van der Waals surface area contributed by atoms with Crippen LogP contribution < -0.4 is 0 Å². The largest absolute Gasteiger partial charge is 0.480 e. The highest BCUT2D eigenvalue weighted by Gasteiger charge is 2.52. The van der Waals surface area contributed by atoms with Crippen molar-refractivity contribution in [2.75, 3.05) is 0 Å². The number of ether oxygens (including phenoxy) is 1. The summed E-state index contributed by atoms with van der Waals surface area (Å²) < 4.78 is 5.28. The summed E-state index contributed by atoms with van der Waals surface area (Å²) in [6, 6.07) is -0.631. The van der Waals surface area contributed by atoms with E-state index in [1.165, 1.54) is 4.90 Å². The molecule has 1 aliphatic carbocycles. The number of carbonyl (C=O) groups excluding carboxylic acids is 1. The highest BCUT2D eigenvalue weighted by atomic mass is 16.6. The first-order chi connectivity index (χ1) is 7.79. The maximum atomic E-state index is 12.0. The van der Waals surface area contributed by atoms with Crippen LogP contribution in [0.4, 0.5) is 4.79 Å². The number of nitrogens with zero attached hydrogens (tertiary/aromatic N) is 1. The van der Waals surface area contributed by atoms with Gasteiger partial charge in [0, 0.05) is 6.04 Å². The highest BCUT2D eigenvalue weighted by Crippen LogP contribution is 2.44. The van der Waals surface area contributed by atoms with Crippen molar-refractivity contribution in [2.45, 2.75) is 57.7 Å². The molecule has 1 N–H and O–H groups in total. The van der Waals surface area contributed by atoms with Gasteiger partial charge in [-0.2, -0.15) is 0 Å². The zero-order valence-corrected chi connectivity index (χ0v) is 10.5. The van der Waals surface area contributed by atoms with Gasteiger partial charge < -0.3 is 9.84 Å². The van der Waals surface area contributed by atoms with Gasteiger partial charge in [-0.3, -0.25) is 4.90 Å². The molecule has 5 nitrogen and oxygen atoms in total. The average molecular weight is 241 g/mol. The van der Waals surface area contributed by atoms with Gasteiger partial charge in [-0.05, 0) is 46.0 Å². The molecule has 1 saturated carbocycles. The van der Waals surface area contributed by atoms with Crippen LogP contribution in [0.15, 0.2) is 0 Å². The number of carbonyl (C=O) groups is 2. The van der Waals surface area contributed by atoms with Crippen LogP contribution in [-0.4, -0.2) is 39.8 Å².